The summed E-state index contributed by atoms with van der Waals surface area (Å²) >= 11 is 0. The summed E-state index contributed by atoms with van der Waals surface area (Å²) in [6.45, 7) is 9.67. The van der Waals surface area contributed by atoms with Gasteiger partial charge in [0.2, 0.25) is 0 Å². The van der Waals surface area contributed by atoms with Crippen molar-refractivity contribution in [3.05, 3.63) is 117 Å². The lowest BCUT2D eigenvalue weighted by Gasteiger charge is -2.24. The molecule has 1 heterocycles. The monoisotopic (exact) mass is 460 g/mol. The van der Waals surface area contributed by atoms with Gasteiger partial charge in [-0.15, -0.1) is 0 Å². The highest BCUT2D eigenvalue weighted by atomic mass is 19.1. The van der Waals surface area contributed by atoms with Gasteiger partial charge >= 0.3 is 0 Å². The summed E-state index contributed by atoms with van der Waals surface area (Å²) < 4.78 is 27.7. The number of aryl methyl sites for hydroxylation is 1. The van der Waals surface area contributed by atoms with E-state index in [1.165, 1.54) is 17.7 Å². The van der Waals surface area contributed by atoms with Gasteiger partial charge in [-0.2, -0.15) is 0 Å². The van der Waals surface area contributed by atoms with Gasteiger partial charge in [-0.3, -0.25) is 9.69 Å². The molecule has 34 heavy (non-hydrogen) atoms. The number of pyridine rings is 1. The Morgan fingerprint density at radius 1 is 0.794 bits per heavy atom. The highest BCUT2D eigenvalue weighted by Crippen LogP contribution is 2.23. The second-order valence-corrected chi connectivity index (χ2v) is 10.1. The highest BCUT2D eigenvalue weighted by molar-refractivity contribution is 5.79. The number of benzene rings is 3. The zero-order valence-corrected chi connectivity index (χ0v) is 20.1. The van der Waals surface area contributed by atoms with Crippen LogP contribution in [0.4, 0.5) is 8.78 Å². The van der Waals surface area contributed by atoms with Crippen LogP contribution in [0.25, 0.3) is 10.9 Å². The maximum Gasteiger partial charge on any atom is 0.252 e. The van der Waals surface area contributed by atoms with Crippen LogP contribution in [0.1, 0.15) is 48.6 Å². The van der Waals surface area contributed by atoms with Crippen molar-refractivity contribution < 1.29 is 8.78 Å². The van der Waals surface area contributed by atoms with Gasteiger partial charge in [-0.25, -0.2) is 8.78 Å². The van der Waals surface area contributed by atoms with Crippen LogP contribution < -0.4 is 5.56 Å². The smallest absolute Gasteiger partial charge is 0.252 e. The number of aromatic nitrogens is 1. The fraction of sp³-hybridized carbons (Fsp3) is 0.276. The fourth-order valence-corrected chi connectivity index (χ4v) is 4.21. The number of rotatable bonds is 6. The van der Waals surface area contributed by atoms with E-state index in [2.05, 4.69) is 50.0 Å². The second kappa shape index (κ2) is 9.51. The summed E-state index contributed by atoms with van der Waals surface area (Å²) in [5.41, 5.74) is 5.20. The molecule has 0 atom stereocenters. The quantitative estimate of drug-likeness (QED) is 0.351. The minimum absolute atomic E-state index is 0.0497. The van der Waals surface area contributed by atoms with Crippen molar-refractivity contribution >= 4 is 10.9 Å². The Bertz CT molecular complexity index is 1350. The molecular formula is C29H30F2N2O. The zero-order chi connectivity index (χ0) is 24.5. The lowest BCUT2D eigenvalue weighted by Crippen LogP contribution is -2.26. The molecule has 0 saturated carbocycles. The Kier molecular flexibility index (Phi) is 6.67. The third kappa shape index (κ3) is 5.78. The van der Waals surface area contributed by atoms with Crippen LogP contribution in [0.15, 0.2) is 71.5 Å². The SMILES string of the molecule is Cc1ccc2cc(CN(Cc3ccc(C(C)(C)C)cc3)Cc3cc(F)cc(F)c3)c(=O)[nH]c2c1. The molecule has 0 unspecified atom stereocenters. The first kappa shape index (κ1) is 23.8. The van der Waals surface area contributed by atoms with Crippen molar-refractivity contribution in [2.75, 3.05) is 0 Å². The summed E-state index contributed by atoms with van der Waals surface area (Å²) in [6, 6.07) is 19.8. The molecule has 5 heteroatoms. The van der Waals surface area contributed by atoms with Crippen LogP contribution in [0, 0.1) is 18.6 Å². The Morgan fingerprint density at radius 2 is 1.44 bits per heavy atom. The van der Waals surface area contributed by atoms with Crippen molar-refractivity contribution in [2.45, 2.75) is 52.7 Å². The molecule has 0 fully saturated rings. The van der Waals surface area contributed by atoms with Crippen molar-refractivity contribution in [3.8, 4) is 0 Å². The largest absolute Gasteiger partial charge is 0.322 e. The van der Waals surface area contributed by atoms with Crippen LogP contribution in [0.2, 0.25) is 0 Å². The molecule has 1 aromatic heterocycles. The van der Waals surface area contributed by atoms with E-state index >= 15 is 0 Å². The van der Waals surface area contributed by atoms with E-state index < -0.39 is 11.6 Å². The van der Waals surface area contributed by atoms with Crippen LogP contribution in [-0.4, -0.2) is 9.88 Å². The van der Waals surface area contributed by atoms with E-state index in [0.717, 1.165) is 28.1 Å². The van der Waals surface area contributed by atoms with Gasteiger partial charge < -0.3 is 4.98 Å². The molecule has 0 aliphatic heterocycles. The molecule has 4 rings (SSSR count). The van der Waals surface area contributed by atoms with Crippen molar-refractivity contribution in [1.29, 1.82) is 0 Å². The summed E-state index contributed by atoms with van der Waals surface area (Å²) in [7, 11) is 0. The van der Waals surface area contributed by atoms with Crippen molar-refractivity contribution in [1.82, 2.24) is 9.88 Å². The van der Waals surface area contributed by atoms with E-state index in [9.17, 15) is 13.6 Å². The Balaban J connectivity index is 1.66. The predicted octanol–water partition coefficient (Wildman–Crippen LogP) is 6.61. The molecule has 0 amide bonds. The Labute approximate surface area is 199 Å². The topological polar surface area (TPSA) is 36.1 Å². The maximum atomic E-state index is 13.8. The molecular weight excluding hydrogens is 430 g/mol. The lowest BCUT2D eigenvalue weighted by atomic mass is 9.87. The minimum Gasteiger partial charge on any atom is -0.322 e. The van der Waals surface area contributed by atoms with Gasteiger partial charge in [0, 0.05) is 36.8 Å². The van der Waals surface area contributed by atoms with Gasteiger partial charge in [0.25, 0.3) is 5.56 Å². The molecule has 0 radical (unpaired) electrons. The van der Waals surface area contributed by atoms with E-state index in [1.807, 2.05) is 36.1 Å². The number of H-pyrrole nitrogens is 1. The third-order valence-electron chi connectivity index (χ3n) is 6.03. The number of fused-ring (bicyclic) bond motifs is 1. The Hall–Kier alpha value is -3.31. The van der Waals surface area contributed by atoms with E-state index in [4.69, 9.17) is 0 Å². The number of halogens is 2. The summed E-state index contributed by atoms with van der Waals surface area (Å²) in [5, 5.41) is 0.950. The van der Waals surface area contributed by atoms with E-state index in [1.54, 1.807) is 0 Å². The third-order valence-corrected chi connectivity index (χ3v) is 6.03. The summed E-state index contributed by atoms with van der Waals surface area (Å²) in [5.74, 6) is -1.22. The van der Waals surface area contributed by atoms with Gasteiger partial charge in [-0.1, -0.05) is 57.2 Å². The van der Waals surface area contributed by atoms with E-state index in [-0.39, 0.29) is 11.0 Å². The highest BCUT2D eigenvalue weighted by Gasteiger charge is 2.16. The molecule has 0 aliphatic carbocycles. The first-order valence-electron chi connectivity index (χ1n) is 11.5. The average molecular weight is 461 g/mol. The maximum absolute atomic E-state index is 13.8. The predicted molar refractivity (Wildman–Crippen MR) is 134 cm³/mol. The molecule has 0 aliphatic rings. The number of hydrogen-bond donors (Lipinski definition) is 1. The molecule has 0 spiro atoms. The number of nitrogens with zero attached hydrogens (tertiary/aromatic N) is 1. The normalized spacial score (nSPS) is 12.0. The van der Waals surface area contributed by atoms with Gasteiger partial charge in [0.05, 0.1) is 0 Å². The lowest BCUT2D eigenvalue weighted by molar-refractivity contribution is 0.246. The number of hydrogen-bond acceptors (Lipinski definition) is 2. The Morgan fingerprint density at radius 3 is 2.09 bits per heavy atom. The number of aromatic amines is 1. The molecule has 0 bridgehead atoms. The molecule has 3 aromatic carbocycles. The zero-order valence-electron chi connectivity index (χ0n) is 20.1. The average Bonchev–Trinajstić information content (AvgIpc) is 2.73. The number of nitrogens with one attached hydrogen (secondary N) is 1. The molecule has 176 valence electrons. The molecule has 0 saturated heterocycles. The van der Waals surface area contributed by atoms with Gasteiger partial charge in [-0.05, 0) is 64.2 Å². The molecule has 3 nitrogen and oxygen atoms in total. The van der Waals surface area contributed by atoms with Gasteiger partial charge in [0.1, 0.15) is 11.6 Å². The van der Waals surface area contributed by atoms with E-state index in [0.29, 0.717) is 30.8 Å². The van der Waals surface area contributed by atoms with Crippen molar-refractivity contribution in [2.24, 2.45) is 0 Å². The fourth-order valence-electron chi connectivity index (χ4n) is 4.21. The molecule has 4 aromatic rings. The van der Waals surface area contributed by atoms with Gasteiger partial charge in [0.15, 0.2) is 0 Å². The standard InChI is InChI=1S/C29H30F2N2O/c1-19-5-8-22-14-23(28(34)32-27(22)11-19)18-33(17-21-12-25(30)15-26(31)13-21)16-20-6-9-24(10-7-20)29(2,3)4/h5-15H,16-18H2,1-4H3,(H,32,34). The van der Waals surface area contributed by atoms with Crippen LogP contribution >= 0.6 is 0 Å². The summed E-state index contributed by atoms with van der Waals surface area (Å²) in [4.78, 5) is 17.9. The van der Waals surface area contributed by atoms with Crippen LogP contribution in [-0.2, 0) is 25.0 Å². The van der Waals surface area contributed by atoms with Crippen molar-refractivity contribution in [3.63, 3.8) is 0 Å². The van der Waals surface area contributed by atoms with Crippen LogP contribution in [0.3, 0.4) is 0 Å². The first-order chi connectivity index (χ1) is 16.1. The summed E-state index contributed by atoms with van der Waals surface area (Å²) in [6.07, 6.45) is 0. The van der Waals surface area contributed by atoms with Crippen LogP contribution in [0.5, 0.6) is 0 Å². The minimum atomic E-state index is -0.608. The second-order valence-electron chi connectivity index (χ2n) is 10.1. The molecule has 1 N–H and O–H groups in total. The first-order valence-corrected chi connectivity index (χ1v) is 11.5.